The Hall–Kier alpha value is -3.57. The minimum absolute atomic E-state index is 0.0550. The number of alkyl halides is 3. The van der Waals surface area contributed by atoms with Gasteiger partial charge in [0.1, 0.15) is 5.75 Å². The second-order valence-corrected chi connectivity index (χ2v) is 8.96. The van der Waals surface area contributed by atoms with Gasteiger partial charge in [0.25, 0.3) is 5.56 Å². The number of nitriles is 1. The predicted octanol–water partition coefficient (Wildman–Crippen LogP) is 4.90. The van der Waals surface area contributed by atoms with E-state index in [1.54, 1.807) is 24.3 Å². The van der Waals surface area contributed by atoms with Crippen molar-refractivity contribution >= 4 is 0 Å². The molecule has 0 aliphatic carbocycles. The largest absolute Gasteiger partial charge is 0.573 e. The molecule has 0 N–H and O–H groups in total. The van der Waals surface area contributed by atoms with Gasteiger partial charge in [0, 0.05) is 49.4 Å². The minimum Gasteiger partial charge on any atom is -0.406 e. The van der Waals surface area contributed by atoms with Gasteiger partial charge in [-0.3, -0.25) is 9.69 Å². The number of aromatic nitrogens is 1. The van der Waals surface area contributed by atoms with Gasteiger partial charge in [-0.25, -0.2) is 0 Å². The van der Waals surface area contributed by atoms with Gasteiger partial charge in [0.2, 0.25) is 0 Å². The highest BCUT2D eigenvalue weighted by molar-refractivity contribution is 5.67. The molecule has 3 aromatic rings. The first-order valence-corrected chi connectivity index (χ1v) is 11.1. The SMILES string of the molecule is N#Cc1cccc(CN2CC3CC(C2)c2c(-c4ccc(OC(F)(F)F)cc4)ccc(=O)n2C3)c1. The van der Waals surface area contributed by atoms with Crippen LogP contribution in [-0.2, 0) is 13.1 Å². The van der Waals surface area contributed by atoms with Crippen LogP contribution in [0.15, 0.2) is 65.5 Å². The number of fused-ring (bicyclic) bond motifs is 4. The topological polar surface area (TPSA) is 58.3 Å². The summed E-state index contributed by atoms with van der Waals surface area (Å²) in [5, 5.41) is 9.19. The Morgan fingerprint density at radius 3 is 2.56 bits per heavy atom. The zero-order chi connectivity index (χ0) is 23.9. The van der Waals surface area contributed by atoms with E-state index < -0.39 is 6.36 Å². The molecule has 2 atom stereocenters. The molecule has 3 heterocycles. The summed E-state index contributed by atoms with van der Waals surface area (Å²) in [5.74, 6) is 0.185. The van der Waals surface area contributed by atoms with E-state index in [0.717, 1.165) is 48.4 Å². The number of likely N-dealkylation sites (tertiary alicyclic amines) is 1. The van der Waals surface area contributed by atoms with E-state index in [0.29, 0.717) is 18.0 Å². The molecule has 5 nitrogen and oxygen atoms in total. The molecular formula is C26H22F3N3O2. The minimum atomic E-state index is -4.74. The second-order valence-electron chi connectivity index (χ2n) is 8.96. The molecule has 8 heteroatoms. The Bertz CT molecular complexity index is 1310. The highest BCUT2D eigenvalue weighted by atomic mass is 19.4. The molecule has 174 valence electrons. The molecule has 0 radical (unpaired) electrons. The molecule has 1 fully saturated rings. The maximum Gasteiger partial charge on any atom is 0.573 e. The molecule has 1 aromatic heterocycles. The summed E-state index contributed by atoms with van der Waals surface area (Å²) < 4.78 is 43.4. The number of hydrogen-bond acceptors (Lipinski definition) is 4. The number of piperidine rings is 1. The highest BCUT2D eigenvalue weighted by Gasteiger charge is 2.36. The van der Waals surface area contributed by atoms with Crippen LogP contribution in [0, 0.1) is 17.2 Å². The first-order valence-electron chi connectivity index (χ1n) is 11.1. The third-order valence-corrected chi connectivity index (χ3v) is 6.53. The van der Waals surface area contributed by atoms with E-state index in [2.05, 4.69) is 15.7 Å². The molecular weight excluding hydrogens is 443 g/mol. The van der Waals surface area contributed by atoms with Crippen molar-refractivity contribution in [2.24, 2.45) is 5.92 Å². The summed E-state index contributed by atoms with van der Waals surface area (Å²) in [6.45, 7) is 2.97. The van der Waals surface area contributed by atoms with Crippen LogP contribution >= 0.6 is 0 Å². The number of benzene rings is 2. The van der Waals surface area contributed by atoms with Gasteiger partial charge in [-0.2, -0.15) is 5.26 Å². The van der Waals surface area contributed by atoms with Crippen LogP contribution in [0.4, 0.5) is 13.2 Å². The van der Waals surface area contributed by atoms with Gasteiger partial charge in [0.05, 0.1) is 11.6 Å². The molecule has 2 aliphatic heterocycles. The van der Waals surface area contributed by atoms with Crippen LogP contribution in [0.1, 0.15) is 29.2 Å². The van der Waals surface area contributed by atoms with E-state index in [4.69, 9.17) is 0 Å². The van der Waals surface area contributed by atoms with Crippen molar-refractivity contribution in [3.05, 3.63) is 87.8 Å². The van der Waals surface area contributed by atoms with Crippen molar-refractivity contribution in [2.45, 2.75) is 31.8 Å². The fourth-order valence-electron chi connectivity index (χ4n) is 5.32. The van der Waals surface area contributed by atoms with Crippen LogP contribution in [0.3, 0.4) is 0 Å². The summed E-state index contributed by atoms with van der Waals surface area (Å²) >= 11 is 0. The number of halogens is 3. The summed E-state index contributed by atoms with van der Waals surface area (Å²) in [5.41, 5.74) is 4.19. The normalized spacial score (nSPS) is 19.8. The molecule has 5 rings (SSSR count). The standard InChI is InChI=1S/C26H22F3N3O2/c27-26(28,29)34-22-6-4-20(5-7-22)23-8-9-24(33)32-15-19-11-21(25(23)32)16-31(14-19)13-18-3-1-2-17(10-18)12-30/h1-10,19,21H,11,13-16H2. The molecule has 0 saturated carbocycles. The average Bonchev–Trinajstić information content (AvgIpc) is 2.79. The second kappa shape index (κ2) is 8.65. The smallest absolute Gasteiger partial charge is 0.406 e. The summed E-state index contributed by atoms with van der Waals surface area (Å²) in [6.07, 6.45) is -3.78. The zero-order valence-electron chi connectivity index (χ0n) is 18.3. The first-order chi connectivity index (χ1) is 16.3. The molecule has 2 unspecified atom stereocenters. The summed E-state index contributed by atoms with van der Waals surface area (Å²) in [7, 11) is 0. The Labute approximate surface area is 194 Å². The van der Waals surface area contributed by atoms with E-state index >= 15 is 0 Å². The fourth-order valence-corrected chi connectivity index (χ4v) is 5.32. The molecule has 34 heavy (non-hydrogen) atoms. The summed E-state index contributed by atoms with van der Waals surface area (Å²) in [4.78, 5) is 15.1. The lowest BCUT2D eigenvalue weighted by Crippen LogP contribution is -2.47. The lowest BCUT2D eigenvalue weighted by Gasteiger charge is -2.43. The van der Waals surface area contributed by atoms with Crippen molar-refractivity contribution in [2.75, 3.05) is 13.1 Å². The average molecular weight is 465 g/mol. The molecule has 1 saturated heterocycles. The number of pyridine rings is 1. The van der Waals surface area contributed by atoms with Gasteiger partial charge >= 0.3 is 6.36 Å². The zero-order valence-corrected chi connectivity index (χ0v) is 18.3. The first kappa shape index (κ1) is 22.2. The van der Waals surface area contributed by atoms with Crippen molar-refractivity contribution in [1.82, 2.24) is 9.47 Å². The van der Waals surface area contributed by atoms with Gasteiger partial charge in [0.15, 0.2) is 0 Å². The van der Waals surface area contributed by atoms with Crippen molar-refractivity contribution < 1.29 is 17.9 Å². The van der Waals surface area contributed by atoms with Crippen molar-refractivity contribution in [1.29, 1.82) is 5.26 Å². The third kappa shape index (κ3) is 4.57. The maximum absolute atomic E-state index is 12.7. The van der Waals surface area contributed by atoms with Crippen LogP contribution in [0.5, 0.6) is 5.75 Å². The molecule has 0 amide bonds. The van der Waals surface area contributed by atoms with Crippen molar-refractivity contribution in [3.8, 4) is 22.9 Å². The van der Waals surface area contributed by atoms with E-state index in [1.807, 2.05) is 22.8 Å². The van der Waals surface area contributed by atoms with Gasteiger partial charge in [-0.05, 0) is 53.8 Å². The van der Waals surface area contributed by atoms with Crippen LogP contribution in [0.2, 0.25) is 0 Å². The lowest BCUT2D eigenvalue weighted by atomic mass is 9.80. The number of ether oxygens (including phenoxy) is 1. The predicted molar refractivity (Wildman–Crippen MR) is 120 cm³/mol. The Morgan fingerprint density at radius 2 is 1.82 bits per heavy atom. The number of rotatable bonds is 4. The molecule has 2 aromatic carbocycles. The summed E-state index contributed by atoms with van der Waals surface area (Å²) in [6, 6.07) is 18.9. The number of nitrogens with zero attached hydrogens (tertiary/aromatic N) is 3. The highest BCUT2D eigenvalue weighted by Crippen LogP contribution is 2.40. The van der Waals surface area contributed by atoms with Crippen LogP contribution in [-0.4, -0.2) is 28.9 Å². The third-order valence-electron chi connectivity index (χ3n) is 6.53. The Morgan fingerprint density at radius 1 is 1.03 bits per heavy atom. The van der Waals surface area contributed by atoms with E-state index in [1.165, 1.54) is 18.2 Å². The monoisotopic (exact) mass is 465 g/mol. The quantitative estimate of drug-likeness (QED) is 0.550. The Kier molecular flexibility index (Phi) is 5.66. The van der Waals surface area contributed by atoms with Gasteiger partial charge in [-0.15, -0.1) is 13.2 Å². The van der Waals surface area contributed by atoms with E-state index in [-0.39, 0.29) is 17.2 Å². The molecule has 2 bridgehead atoms. The lowest BCUT2D eigenvalue weighted by molar-refractivity contribution is -0.274. The van der Waals surface area contributed by atoms with Gasteiger partial charge in [-0.1, -0.05) is 24.3 Å². The number of hydrogen-bond donors (Lipinski definition) is 0. The molecule has 2 aliphatic rings. The van der Waals surface area contributed by atoms with Gasteiger partial charge < -0.3 is 9.30 Å². The molecule has 0 spiro atoms. The Balaban J connectivity index is 1.44. The maximum atomic E-state index is 12.7. The van der Waals surface area contributed by atoms with Crippen LogP contribution < -0.4 is 10.3 Å². The van der Waals surface area contributed by atoms with Crippen LogP contribution in [0.25, 0.3) is 11.1 Å². The van der Waals surface area contributed by atoms with E-state index in [9.17, 15) is 23.2 Å². The van der Waals surface area contributed by atoms with Crippen molar-refractivity contribution in [3.63, 3.8) is 0 Å². The fraction of sp³-hybridized carbons (Fsp3) is 0.308.